The van der Waals surface area contributed by atoms with E-state index in [0.29, 0.717) is 33.5 Å². The van der Waals surface area contributed by atoms with Crippen molar-refractivity contribution in [1.29, 1.82) is 0 Å². The lowest BCUT2D eigenvalue weighted by molar-refractivity contribution is 0.101. The zero-order valence-corrected chi connectivity index (χ0v) is 14.9. The molecular formula is C21H16N4O3. The van der Waals surface area contributed by atoms with Gasteiger partial charge in [0.1, 0.15) is 0 Å². The standard InChI is InChI=1S/C21H16N4O3/c1-12(26)13-2-4-14(5-3-13)17-8-6-15(11-22-17)20(27)23-16-7-9-18-19(10-16)25-21(28)24-18/h2-11H,1H3,(H,23,27)(H2,24,25,28). The molecule has 0 unspecified atom stereocenters. The van der Waals surface area contributed by atoms with Crippen LogP contribution in [0.3, 0.4) is 0 Å². The lowest BCUT2D eigenvalue weighted by Crippen LogP contribution is -2.12. The number of ketones is 1. The number of Topliss-reactive ketones (excluding diaryl/α,β-unsaturated/α-hetero) is 1. The number of nitrogens with zero attached hydrogens (tertiary/aromatic N) is 1. The number of pyridine rings is 1. The highest BCUT2D eigenvalue weighted by molar-refractivity contribution is 6.04. The van der Waals surface area contributed by atoms with Gasteiger partial charge in [-0.2, -0.15) is 0 Å². The lowest BCUT2D eigenvalue weighted by Gasteiger charge is -2.06. The van der Waals surface area contributed by atoms with Crippen LogP contribution < -0.4 is 11.0 Å². The van der Waals surface area contributed by atoms with E-state index < -0.39 is 0 Å². The van der Waals surface area contributed by atoms with Crippen molar-refractivity contribution in [1.82, 2.24) is 15.0 Å². The molecule has 0 saturated carbocycles. The van der Waals surface area contributed by atoms with Crippen molar-refractivity contribution in [3.05, 3.63) is 82.4 Å². The van der Waals surface area contributed by atoms with Gasteiger partial charge in [0.2, 0.25) is 0 Å². The smallest absolute Gasteiger partial charge is 0.322 e. The number of aromatic amines is 2. The molecule has 0 bridgehead atoms. The Labute approximate surface area is 159 Å². The van der Waals surface area contributed by atoms with Gasteiger partial charge >= 0.3 is 5.69 Å². The molecule has 2 aromatic heterocycles. The van der Waals surface area contributed by atoms with Crippen LogP contribution in [-0.2, 0) is 0 Å². The molecule has 7 nitrogen and oxygen atoms in total. The van der Waals surface area contributed by atoms with Crippen LogP contribution in [0.15, 0.2) is 65.6 Å². The fraction of sp³-hybridized carbons (Fsp3) is 0.0476. The van der Waals surface area contributed by atoms with E-state index in [1.54, 1.807) is 42.5 Å². The number of carbonyl (C=O) groups is 2. The van der Waals surface area contributed by atoms with Gasteiger partial charge in [0, 0.05) is 23.0 Å². The molecule has 0 spiro atoms. The molecule has 138 valence electrons. The normalized spacial score (nSPS) is 10.8. The third-order valence-electron chi connectivity index (χ3n) is 4.39. The van der Waals surface area contributed by atoms with Crippen molar-refractivity contribution < 1.29 is 9.59 Å². The molecule has 0 fully saturated rings. The zero-order chi connectivity index (χ0) is 19.7. The molecule has 1 amide bonds. The van der Waals surface area contributed by atoms with Crippen LogP contribution >= 0.6 is 0 Å². The molecular weight excluding hydrogens is 356 g/mol. The minimum atomic E-state index is -0.303. The second-order valence-corrected chi connectivity index (χ2v) is 6.36. The van der Waals surface area contributed by atoms with Crippen LogP contribution in [-0.4, -0.2) is 26.6 Å². The molecule has 28 heavy (non-hydrogen) atoms. The number of aromatic nitrogens is 3. The fourth-order valence-corrected chi connectivity index (χ4v) is 2.89. The molecule has 4 aromatic rings. The molecule has 2 aromatic carbocycles. The number of carbonyl (C=O) groups excluding carboxylic acids is 2. The minimum Gasteiger partial charge on any atom is -0.322 e. The van der Waals surface area contributed by atoms with Crippen LogP contribution in [0.2, 0.25) is 0 Å². The number of rotatable bonds is 4. The number of nitrogens with one attached hydrogen (secondary N) is 3. The molecule has 0 aliphatic heterocycles. The average molecular weight is 372 g/mol. The molecule has 3 N–H and O–H groups in total. The molecule has 4 rings (SSSR count). The maximum Gasteiger partial charge on any atom is 0.323 e. The van der Waals surface area contributed by atoms with Gasteiger partial charge < -0.3 is 15.3 Å². The second-order valence-electron chi connectivity index (χ2n) is 6.36. The number of fused-ring (bicyclic) bond motifs is 1. The highest BCUT2D eigenvalue weighted by atomic mass is 16.2. The van der Waals surface area contributed by atoms with Crippen LogP contribution in [0.25, 0.3) is 22.3 Å². The number of hydrogen-bond donors (Lipinski definition) is 3. The quantitative estimate of drug-likeness (QED) is 0.477. The van der Waals surface area contributed by atoms with E-state index in [2.05, 4.69) is 20.3 Å². The van der Waals surface area contributed by atoms with Crippen LogP contribution in [0.1, 0.15) is 27.6 Å². The first-order valence-electron chi connectivity index (χ1n) is 8.60. The van der Waals surface area contributed by atoms with Crippen molar-refractivity contribution in [3.63, 3.8) is 0 Å². The van der Waals surface area contributed by atoms with Gasteiger partial charge in [-0.1, -0.05) is 24.3 Å². The predicted molar refractivity (Wildman–Crippen MR) is 107 cm³/mol. The number of benzene rings is 2. The summed E-state index contributed by atoms with van der Waals surface area (Å²) in [6.45, 7) is 1.52. The predicted octanol–water partition coefficient (Wildman–Crippen LogP) is 3.37. The number of amides is 1. The Morgan fingerprint density at radius 1 is 0.893 bits per heavy atom. The number of anilines is 1. The molecule has 0 atom stereocenters. The van der Waals surface area contributed by atoms with E-state index >= 15 is 0 Å². The summed E-state index contributed by atoms with van der Waals surface area (Å²) in [4.78, 5) is 44.8. The maximum atomic E-state index is 12.5. The van der Waals surface area contributed by atoms with Gasteiger partial charge in [-0.05, 0) is 37.3 Å². The Morgan fingerprint density at radius 2 is 1.61 bits per heavy atom. The summed E-state index contributed by atoms with van der Waals surface area (Å²) in [6.07, 6.45) is 1.50. The Bertz CT molecular complexity index is 1240. The topological polar surface area (TPSA) is 108 Å². The highest BCUT2D eigenvalue weighted by Crippen LogP contribution is 2.19. The summed E-state index contributed by atoms with van der Waals surface area (Å²) in [6, 6.07) is 15.7. The number of hydrogen-bond acceptors (Lipinski definition) is 4. The van der Waals surface area contributed by atoms with Gasteiger partial charge in [0.25, 0.3) is 5.91 Å². The first-order chi connectivity index (χ1) is 13.5. The van der Waals surface area contributed by atoms with E-state index in [1.807, 2.05) is 12.1 Å². The van der Waals surface area contributed by atoms with Crippen molar-refractivity contribution >= 4 is 28.4 Å². The number of imidazole rings is 1. The maximum absolute atomic E-state index is 12.5. The molecule has 0 saturated heterocycles. The summed E-state index contributed by atoms with van der Waals surface area (Å²) in [5.74, 6) is -0.295. The molecule has 7 heteroatoms. The second kappa shape index (κ2) is 6.96. The molecule has 0 radical (unpaired) electrons. The van der Waals surface area contributed by atoms with Gasteiger partial charge in [0.05, 0.1) is 22.3 Å². The van der Waals surface area contributed by atoms with E-state index in [-0.39, 0.29) is 17.4 Å². The lowest BCUT2D eigenvalue weighted by atomic mass is 10.1. The third-order valence-corrected chi connectivity index (χ3v) is 4.39. The zero-order valence-electron chi connectivity index (χ0n) is 14.9. The van der Waals surface area contributed by atoms with Crippen LogP contribution in [0, 0.1) is 0 Å². The van der Waals surface area contributed by atoms with Gasteiger partial charge in [-0.25, -0.2) is 4.79 Å². The van der Waals surface area contributed by atoms with Crippen molar-refractivity contribution in [2.75, 3.05) is 5.32 Å². The summed E-state index contributed by atoms with van der Waals surface area (Å²) in [7, 11) is 0. The first kappa shape index (κ1) is 17.4. The van der Waals surface area contributed by atoms with Gasteiger partial charge in [-0.3, -0.25) is 14.6 Å². The summed E-state index contributed by atoms with van der Waals surface area (Å²) in [5, 5.41) is 2.79. The number of H-pyrrole nitrogens is 2. The Morgan fingerprint density at radius 3 is 2.29 bits per heavy atom. The average Bonchev–Trinajstić information content (AvgIpc) is 3.07. The first-order valence-corrected chi connectivity index (χ1v) is 8.60. The van der Waals surface area contributed by atoms with Gasteiger partial charge in [-0.15, -0.1) is 0 Å². The highest BCUT2D eigenvalue weighted by Gasteiger charge is 2.09. The molecule has 0 aliphatic carbocycles. The van der Waals surface area contributed by atoms with E-state index in [1.165, 1.54) is 13.1 Å². The fourth-order valence-electron chi connectivity index (χ4n) is 2.89. The van der Waals surface area contributed by atoms with E-state index in [4.69, 9.17) is 0 Å². The van der Waals surface area contributed by atoms with Crippen LogP contribution in [0.5, 0.6) is 0 Å². The Kier molecular flexibility index (Phi) is 4.33. The molecule has 0 aliphatic rings. The van der Waals surface area contributed by atoms with Crippen molar-refractivity contribution in [2.45, 2.75) is 6.92 Å². The summed E-state index contributed by atoms with van der Waals surface area (Å²) < 4.78 is 0. The van der Waals surface area contributed by atoms with E-state index in [9.17, 15) is 14.4 Å². The summed E-state index contributed by atoms with van der Waals surface area (Å²) in [5.41, 5.74) is 4.17. The molecule has 2 heterocycles. The third kappa shape index (κ3) is 3.45. The Hall–Kier alpha value is -4.00. The van der Waals surface area contributed by atoms with Crippen LogP contribution in [0.4, 0.5) is 5.69 Å². The SMILES string of the molecule is CC(=O)c1ccc(-c2ccc(C(=O)Nc3ccc4[nH]c(=O)[nH]c4c3)cn2)cc1. The van der Waals surface area contributed by atoms with Gasteiger partial charge in [0.15, 0.2) is 5.78 Å². The Balaban J connectivity index is 1.51. The van der Waals surface area contributed by atoms with Crippen molar-refractivity contribution in [3.8, 4) is 11.3 Å². The largest absolute Gasteiger partial charge is 0.323 e. The van der Waals surface area contributed by atoms with Crippen molar-refractivity contribution in [2.24, 2.45) is 0 Å². The minimum absolute atomic E-state index is 0.00781. The van der Waals surface area contributed by atoms with E-state index in [0.717, 1.165) is 5.56 Å². The monoisotopic (exact) mass is 372 g/mol. The summed E-state index contributed by atoms with van der Waals surface area (Å²) >= 11 is 0.